The minimum Gasteiger partial charge on any atom is -0.273 e. The third kappa shape index (κ3) is 12.5. The van der Waals surface area contributed by atoms with E-state index in [1.54, 1.807) is 23.9 Å². The summed E-state index contributed by atoms with van der Waals surface area (Å²) in [6.45, 7) is 8.23. The van der Waals surface area contributed by atoms with Gasteiger partial charge in [-0.3, -0.25) is 4.99 Å². The maximum Gasteiger partial charge on any atom is 0.198 e. The maximum absolute atomic E-state index is 12.5. The van der Waals surface area contributed by atoms with Crippen LogP contribution in [-0.4, -0.2) is 20.0 Å². The van der Waals surface area contributed by atoms with E-state index in [2.05, 4.69) is 155 Å². The Balaban J connectivity index is 0.000000138. The molecule has 69 heavy (non-hydrogen) atoms. The largest absolute Gasteiger partial charge is 0.273 e. The van der Waals surface area contributed by atoms with E-state index in [-0.39, 0.29) is 5.88 Å². The van der Waals surface area contributed by atoms with Crippen LogP contribution < -0.4 is 0 Å². The average Bonchev–Trinajstić information content (AvgIpc) is 3.39. The Kier molecular flexibility index (Phi) is 16.3. The van der Waals surface area contributed by atoms with Crippen LogP contribution in [0.25, 0.3) is 5.57 Å². The highest BCUT2D eigenvalue weighted by atomic mass is 79.9. The molecular weight excluding hydrogens is 967 g/mol. The molecule has 0 unspecified atom stereocenters. The van der Waals surface area contributed by atoms with Gasteiger partial charge in [-0.15, -0.1) is 0 Å². The van der Waals surface area contributed by atoms with Gasteiger partial charge in [0.1, 0.15) is 5.88 Å². The van der Waals surface area contributed by atoms with Crippen LogP contribution in [0.5, 0.6) is 0 Å². The summed E-state index contributed by atoms with van der Waals surface area (Å²) < 4.78 is 26.3. The van der Waals surface area contributed by atoms with E-state index in [0.29, 0.717) is 4.90 Å². The van der Waals surface area contributed by atoms with E-state index >= 15 is 0 Å². The molecule has 0 bridgehead atoms. The molecule has 0 spiro atoms. The molecule has 2 aliphatic heterocycles. The molecule has 7 aromatic rings. The topological polar surface area (TPSA) is 46.5 Å². The number of sulfone groups is 1. The Labute approximate surface area is 428 Å². The van der Waals surface area contributed by atoms with Crippen molar-refractivity contribution in [2.75, 3.05) is 5.88 Å². The minimum atomic E-state index is -3.43. The third-order valence-electron chi connectivity index (χ3n) is 14.2. The molecule has 11 rings (SSSR count). The Bertz CT molecular complexity index is 3040. The lowest BCUT2D eigenvalue weighted by molar-refractivity contribution is 0.443. The van der Waals surface area contributed by atoms with E-state index in [1.165, 1.54) is 133 Å². The van der Waals surface area contributed by atoms with Gasteiger partial charge in [-0.05, 0) is 181 Å². The Hall–Kier alpha value is -4.92. The first-order chi connectivity index (χ1) is 33.6. The molecule has 2 fully saturated rings. The predicted octanol–water partition coefficient (Wildman–Crippen LogP) is 17.6. The first-order valence-electron chi connectivity index (χ1n) is 24.7. The van der Waals surface area contributed by atoms with Crippen LogP contribution in [0.15, 0.2) is 198 Å². The molecule has 2 aliphatic carbocycles. The highest BCUT2D eigenvalue weighted by Crippen LogP contribution is 2.42. The summed E-state index contributed by atoms with van der Waals surface area (Å²) in [5.74, 6) is 1.36. The van der Waals surface area contributed by atoms with Crippen LogP contribution >= 0.6 is 39.5 Å². The van der Waals surface area contributed by atoms with Crippen molar-refractivity contribution in [3.05, 3.63) is 224 Å². The quantitative estimate of drug-likeness (QED) is 0.142. The number of aryl methyl sites for hydroxylation is 1. The second kappa shape index (κ2) is 22.9. The molecule has 4 aliphatic rings. The molecule has 0 amide bonds. The minimum absolute atomic E-state index is 0.240. The maximum atomic E-state index is 12.5. The molecule has 7 aromatic carbocycles. The molecule has 2 saturated carbocycles. The second-order valence-electron chi connectivity index (χ2n) is 19.0. The van der Waals surface area contributed by atoms with E-state index in [9.17, 15) is 8.42 Å². The van der Waals surface area contributed by atoms with Gasteiger partial charge in [0.25, 0.3) is 0 Å². The molecule has 0 atom stereocenters. The van der Waals surface area contributed by atoms with Crippen molar-refractivity contribution in [3.8, 4) is 0 Å². The first-order valence-corrected chi connectivity index (χ1v) is 28.8. The Morgan fingerprint density at radius 3 is 1.54 bits per heavy atom. The molecule has 7 heteroatoms. The van der Waals surface area contributed by atoms with Crippen molar-refractivity contribution in [2.45, 2.75) is 127 Å². The van der Waals surface area contributed by atoms with E-state index < -0.39 is 9.84 Å². The SMILES string of the molecule is Brc1ccc(C2CCCCC2)cc1.C=C(c1ccc(C2CCCCC2)cc1)c1ccc2c(c1)Cc1ccccc1S2.CC(=NCS(=O)(=O)c1ccc(C)cc1)c1ccc2c(c1)Cc1ccccc1S2. The molecule has 0 aromatic heterocycles. The number of aliphatic imine (C=N–C) groups is 1. The summed E-state index contributed by atoms with van der Waals surface area (Å²) in [5.41, 5.74) is 14.8. The van der Waals surface area contributed by atoms with Gasteiger partial charge in [0.2, 0.25) is 0 Å². The van der Waals surface area contributed by atoms with Crippen molar-refractivity contribution >= 4 is 60.6 Å². The second-order valence-corrected chi connectivity index (χ2v) is 24.1. The van der Waals surface area contributed by atoms with Crippen LogP contribution in [0, 0.1) is 6.92 Å². The van der Waals surface area contributed by atoms with E-state index in [1.807, 2.05) is 43.8 Å². The fraction of sp³-hybridized carbons (Fsp3) is 0.274. The monoisotopic (exact) mass is 1030 g/mol. The van der Waals surface area contributed by atoms with Crippen molar-refractivity contribution in [3.63, 3.8) is 0 Å². The first kappa shape index (κ1) is 49.1. The standard InChI is InChI=1S/C27H26S.C23H21NO2S2.C12H15Br/c1-19(20-11-13-22(14-12-20)21-7-3-2-4-8-21)23-15-16-27-25(17-23)18-24-9-5-6-10-26(24)28-27;1-16-7-10-21(11-8-16)28(25,26)15-24-17(2)18-9-12-23-20(13-18)14-19-5-3-4-6-22(19)27-23;13-12-8-6-11(7-9-12)10-4-2-1-3-5-10/h5-6,9-17,21H,1-4,7-8,18H2;3-13H,14-15H2,1-2H3;6-10H,1-5H2. The molecule has 2 heterocycles. The van der Waals surface area contributed by atoms with Crippen molar-refractivity contribution in [1.82, 2.24) is 0 Å². The summed E-state index contributed by atoms with van der Waals surface area (Å²) in [5, 5.41) is 0. The van der Waals surface area contributed by atoms with Gasteiger partial charge in [-0.2, -0.15) is 0 Å². The fourth-order valence-corrected chi connectivity index (χ4v) is 13.5. The number of halogens is 1. The molecule has 3 nitrogen and oxygen atoms in total. The molecule has 352 valence electrons. The van der Waals surface area contributed by atoms with Crippen LogP contribution in [0.3, 0.4) is 0 Å². The lowest BCUT2D eigenvalue weighted by Gasteiger charge is -2.22. The number of rotatable bonds is 8. The molecule has 0 N–H and O–H groups in total. The summed E-state index contributed by atoms with van der Waals surface area (Å²) in [6.07, 6.45) is 15.8. The lowest BCUT2D eigenvalue weighted by atomic mass is 9.83. The van der Waals surface area contributed by atoms with Crippen LogP contribution in [-0.2, 0) is 22.7 Å². The molecule has 0 radical (unpaired) electrons. The summed E-state index contributed by atoms with van der Waals surface area (Å²) in [7, 11) is -3.43. The number of hydrogen-bond donors (Lipinski definition) is 0. The van der Waals surface area contributed by atoms with Crippen molar-refractivity contribution in [1.29, 1.82) is 0 Å². The predicted molar refractivity (Wildman–Crippen MR) is 295 cm³/mol. The molecular formula is C62H62BrNO2S3. The highest BCUT2D eigenvalue weighted by molar-refractivity contribution is 9.10. The van der Waals surface area contributed by atoms with Crippen LogP contribution in [0.4, 0.5) is 0 Å². The number of nitrogens with zero attached hydrogens (tertiary/aromatic N) is 1. The fourth-order valence-electron chi connectivity index (χ4n) is 10.0. The zero-order valence-electron chi connectivity index (χ0n) is 39.9. The van der Waals surface area contributed by atoms with Gasteiger partial charge >= 0.3 is 0 Å². The van der Waals surface area contributed by atoms with Gasteiger partial charge in [0, 0.05) is 29.8 Å². The Morgan fingerprint density at radius 2 is 1.00 bits per heavy atom. The van der Waals surface area contributed by atoms with Gasteiger partial charge in [-0.1, -0.05) is 187 Å². The van der Waals surface area contributed by atoms with Gasteiger partial charge in [0.15, 0.2) is 9.84 Å². The van der Waals surface area contributed by atoms with E-state index in [0.717, 1.165) is 47.1 Å². The highest BCUT2D eigenvalue weighted by Gasteiger charge is 2.20. The molecule has 0 saturated heterocycles. The smallest absolute Gasteiger partial charge is 0.198 e. The summed E-state index contributed by atoms with van der Waals surface area (Å²) in [6, 6.07) is 55.3. The lowest BCUT2D eigenvalue weighted by Crippen LogP contribution is -2.08. The number of benzene rings is 7. The van der Waals surface area contributed by atoms with Crippen LogP contribution in [0.2, 0.25) is 0 Å². The summed E-state index contributed by atoms with van der Waals surface area (Å²) in [4.78, 5) is 10.0. The number of hydrogen-bond acceptors (Lipinski definition) is 5. The zero-order valence-corrected chi connectivity index (χ0v) is 44.0. The van der Waals surface area contributed by atoms with Gasteiger partial charge in [-0.25, -0.2) is 8.42 Å². The van der Waals surface area contributed by atoms with Gasteiger partial charge < -0.3 is 0 Å². The van der Waals surface area contributed by atoms with Gasteiger partial charge in [0.05, 0.1) is 4.90 Å². The van der Waals surface area contributed by atoms with Crippen molar-refractivity contribution < 1.29 is 8.42 Å². The zero-order chi connectivity index (χ0) is 47.7. The van der Waals surface area contributed by atoms with Crippen LogP contribution in [0.1, 0.15) is 139 Å². The number of fused-ring (bicyclic) bond motifs is 4. The Morgan fingerprint density at radius 1 is 0.551 bits per heavy atom. The van der Waals surface area contributed by atoms with E-state index in [4.69, 9.17) is 0 Å². The average molecular weight is 1030 g/mol. The third-order valence-corrected chi connectivity index (χ3v) is 18.6. The summed E-state index contributed by atoms with van der Waals surface area (Å²) >= 11 is 7.14. The normalized spacial score (nSPS) is 15.7. The van der Waals surface area contributed by atoms with Crippen molar-refractivity contribution in [2.24, 2.45) is 4.99 Å².